The van der Waals surface area contributed by atoms with Crippen molar-refractivity contribution in [2.75, 3.05) is 19.8 Å². The molecular formula is C10H20O2Si. The summed E-state index contributed by atoms with van der Waals surface area (Å²) in [5.41, 5.74) is 0. The highest BCUT2D eigenvalue weighted by atomic mass is 28.2. The zero-order chi connectivity index (χ0) is 9.94. The number of hydrogen-bond acceptors (Lipinski definition) is 2. The summed E-state index contributed by atoms with van der Waals surface area (Å²) in [4.78, 5) is 0. The molecule has 0 unspecified atom stereocenters. The van der Waals surface area contributed by atoms with Crippen LogP contribution >= 0.6 is 0 Å². The van der Waals surface area contributed by atoms with Gasteiger partial charge in [0.1, 0.15) is 0 Å². The van der Waals surface area contributed by atoms with E-state index in [1.165, 1.54) is 0 Å². The van der Waals surface area contributed by atoms with Crippen LogP contribution in [0.5, 0.6) is 0 Å². The molecule has 0 aliphatic carbocycles. The molecule has 0 heterocycles. The second kappa shape index (κ2) is 9.96. The molecule has 0 spiro atoms. The molecule has 13 heavy (non-hydrogen) atoms. The van der Waals surface area contributed by atoms with E-state index in [2.05, 4.69) is 19.9 Å². The normalized spacial score (nSPS) is 11.7. The molecule has 0 aromatic carbocycles. The van der Waals surface area contributed by atoms with Crippen LogP contribution in [0.4, 0.5) is 0 Å². The van der Waals surface area contributed by atoms with Crippen molar-refractivity contribution in [1.29, 1.82) is 0 Å². The highest BCUT2D eigenvalue weighted by Gasteiger charge is 1.93. The van der Waals surface area contributed by atoms with Crippen LogP contribution in [0.1, 0.15) is 20.8 Å². The number of hydrogen-bond donors (Lipinski definition) is 0. The van der Waals surface area contributed by atoms with Gasteiger partial charge in [0.15, 0.2) is 0 Å². The number of allylic oxidation sites excluding steroid dienone is 2. The van der Waals surface area contributed by atoms with Crippen LogP contribution in [0.15, 0.2) is 12.2 Å². The van der Waals surface area contributed by atoms with Crippen molar-refractivity contribution in [3.05, 3.63) is 12.2 Å². The predicted molar refractivity (Wildman–Crippen MR) is 57.0 cm³/mol. The average Bonchev–Trinajstić information content (AvgIpc) is 2.09. The van der Waals surface area contributed by atoms with Crippen molar-refractivity contribution < 1.29 is 9.16 Å². The fourth-order valence-electron chi connectivity index (χ4n) is 0.717. The molecule has 0 aliphatic heterocycles. The summed E-state index contributed by atoms with van der Waals surface area (Å²) >= 11 is 0. The van der Waals surface area contributed by atoms with E-state index in [1.807, 2.05) is 13.0 Å². The molecule has 0 aliphatic rings. The van der Waals surface area contributed by atoms with Gasteiger partial charge in [-0.1, -0.05) is 26.0 Å². The Hall–Kier alpha value is -0.123. The maximum atomic E-state index is 5.37. The standard InChI is InChI=1S/C10H20O2Si/c1-4-5-8-13-12-7-6-11-9-10(2)3/h4-5,10H,6-9H2,1-3H3/b5-4+. The molecule has 0 aromatic heterocycles. The first-order valence-corrected chi connectivity index (χ1v) is 5.92. The molecule has 2 radical (unpaired) electrons. The lowest BCUT2D eigenvalue weighted by molar-refractivity contribution is 0.0831. The van der Waals surface area contributed by atoms with Crippen molar-refractivity contribution in [3.8, 4) is 0 Å². The zero-order valence-corrected chi connectivity index (χ0v) is 9.88. The smallest absolute Gasteiger partial charge is 0.233 e. The largest absolute Gasteiger partial charge is 0.415 e. The van der Waals surface area contributed by atoms with Crippen LogP contribution < -0.4 is 0 Å². The maximum Gasteiger partial charge on any atom is 0.233 e. The van der Waals surface area contributed by atoms with Gasteiger partial charge in [-0.25, -0.2) is 0 Å². The molecule has 0 aromatic rings. The summed E-state index contributed by atoms with van der Waals surface area (Å²) in [6, 6.07) is 1.03. The van der Waals surface area contributed by atoms with Crippen LogP contribution in [-0.4, -0.2) is 29.6 Å². The van der Waals surface area contributed by atoms with E-state index in [1.54, 1.807) is 0 Å². The van der Waals surface area contributed by atoms with E-state index in [0.717, 1.165) is 25.9 Å². The van der Waals surface area contributed by atoms with Crippen LogP contribution in [0.25, 0.3) is 0 Å². The van der Waals surface area contributed by atoms with Crippen molar-refractivity contribution >= 4 is 9.76 Å². The van der Waals surface area contributed by atoms with E-state index < -0.39 is 0 Å². The Kier molecular flexibility index (Phi) is 9.87. The van der Waals surface area contributed by atoms with Gasteiger partial charge in [0, 0.05) is 6.61 Å². The molecular weight excluding hydrogens is 180 g/mol. The lowest BCUT2D eigenvalue weighted by atomic mass is 10.2. The maximum absolute atomic E-state index is 5.37. The Morgan fingerprint density at radius 2 is 2.08 bits per heavy atom. The van der Waals surface area contributed by atoms with Crippen LogP contribution in [0, 0.1) is 5.92 Å². The third kappa shape index (κ3) is 11.9. The summed E-state index contributed by atoms with van der Waals surface area (Å²) < 4.78 is 10.7. The molecule has 76 valence electrons. The summed E-state index contributed by atoms with van der Waals surface area (Å²) in [6.45, 7) is 8.60. The molecule has 0 bridgehead atoms. The van der Waals surface area contributed by atoms with E-state index in [9.17, 15) is 0 Å². The Labute approximate surface area is 84.3 Å². The quantitative estimate of drug-likeness (QED) is 0.340. The first-order chi connectivity index (χ1) is 6.27. The number of ether oxygens (including phenoxy) is 1. The molecule has 2 nitrogen and oxygen atoms in total. The fraction of sp³-hybridized carbons (Fsp3) is 0.800. The van der Waals surface area contributed by atoms with Gasteiger partial charge in [-0.05, 0) is 18.9 Å². The van der Waals surface area contributed by atoms with Gasteiger partial charge in [0.25, 0.3) is 0 Å². The molecule has 0 saturated heterocycles. The van der Waals surface area contributed by atoms with Crippen LogP contribution in [0.2, 0.25) is 6.04 Å². The molecule has 0 amide bonds. The molecule has 0 N–H and O–H groups in total. The molecule has 3 heteroatoms. The molecule has 0 atom stereocenters. The van der Waals surface area contributed by atoms with Crippen molar-refractivity contribution in [2.45, 2.75) is 26.8 Å². The zero-order valence-electron chi connectivity index (χ0n) is 8.88. The number of rotatable bonds is 8. The van der Waals surface area contributed by atoms with E-state index in [4.69, 9.17) is 9.16 Å². The van der Waals surface area contributed by atoms with Gasteiger partial charge in [0.2, 0.25) is 9.76 Å². The van der Waals surface area contributed by atoms with Crippen molar-refractivity contribution in [2.24, 2.45) is 5.92 Å². The summed E-state index contributed by atoms with van der Waals surface area (Å²) in [6.07, 6.45) is 4.17. The highest BCUT2D eigenvalue weighted by Crippen LogP contribution is 1.92. The topological polar surface area (TPSA) is 18.5 Å². The average molecular weight is 200 g/mol. The van der Waals surface area contributed by atoms with Gasteiger partial charge >= 0.3 is 0 Å². The minimum Gasteiger partial charge on any atom is -0.415 e. The Morgan fingerprint density at radius 1 is 1.31 bits per heavy atom. The SMILES string of the molecule is C/C=C/C[Si]OCCOCC(C)C. The second-order valence-corrected chi connectivity index (χ2v) is 4.22. The van der Waals surface area contributed by atoms with Gasteiger partial charge in [-0.2, -0.15) is 0 Å². The summed E-state index contributed by atoms with van der Waals surface area (Å²) in [7, 11) is 0.578. The van der Waals surface area contributed by atoms with E-state index in [0.29, 0.717) is 15.7 Å². The summed E-state index contributed by atoms with van der Waals surface area (Å²) in [5, 5.41) is 0. The van der Waals surface area contributed by atoms with Gasteiger partial charge in [0.05, 0.1) is 13.2 Å². The minimum atomic E-state index is 0.578. The fourth-order valence-corrected chi connectivity index (χ4v) is 1.39. The van der Waals surface area contributed by atoms with Gasteiger partial charge in [-0.15, -0.1) is 0 Å². The predicted octanol–water partition coefficient (Wildman–Crippen LogP) is 2.29. The first-order valence-electron chi connectivity index (χ1n) is 4.81. The van der Waals surface area contributed by atoms with Gasteiger partial charge in [-0.3, -0.25) is 0 Å². The lowest BCUT2D eigenvalue weighted by Gasteiger charge is -2.06. The monoisotopic (exact) mass is 200 g/mol. The minimum absolute atomic E-state index is 0.578. The lowest BCUT2D eigenvalue weighted by Crippen LogP contribution is -2.09. The first kappa shape index (κ1) is 12.9. The van der Waals surface area contributed by atoms with Crippen molar-refractivity contribution in [3.63, 3.8) is 0 Å². The summed E-state index contributed by atoms with van der Waals surface area (Å²) in [5.74, 6) is 0.616. The van der Waals surface area contributed by atoms with E-state index in [-0.39, 0.29) is 0 Å². The van der Waals surface area contributed by atoms with Gasteiger partial charge < -0.3 is 9.16 Å². The second-order valence-electron chi connectivity index (χ2n) is 3.23. The molecule has 0 rings (SSSR count). The molecule has 0 saturated carbocycles. The third-order valence-electron chi connectivity index (χ3n) is 1.32. The Bertz CT molecular complexity index is 124. The Morgan fingerprint density at radius 3 is 2.69 bits per heavy atom. The Balaban J connectivity index is 2.91. The van der Waals surface area contributed by atoms with Crippen LogP contribution in [-0.2, 0) is 9.16 Å². The molecule has 0 fully saturated rings. The van der Waals surface area contributed by atoms with Crippen molar-refractivity contribution in [1.82, 2.24) is 0 Å². The van der Waals surface area contributed by atoms with E-state index >= 15 is 0 Å². The highest BCUT2D eigenvalue weighted by molar-refractivity contribution is 6.27. The van der Waals surface area contributed by atoms with Crippen LogP contribution in [0.3, 0.4) is 0 Å². The third-order valence-corrected chi connectivity index (χ3v) is 2.13.